The Kier molecular flexibility index (Phi) is 7.37. The molecule has 0 atom stereocenters. The average molecular weight is 525 g/mol. The molecule has 0 spiro atoms. The summed E-state index contributed by atoms with van der Waals surface area (Å²) in [6.45, 7) is 0. The maximum atomic E-state index is 13.4. The minimum absolute atomic E-state index is 0.00491. The minimum atomic E-state index is -0.339. The number of rotatable bonds is 8. The number of hydrazone groups is 1. The summed E-state index contributed by atoms with van der Waals surface area (Å²) in [4.78, 5) is 30.8. The van der Waals surface area contributed by atoms with Crippen LogP contribution in [0, 0.1) is 0 Å². The molecule has 0 radical (unpaired) electrons. The lowest BCUT2D eigenvalue weighted by molar-refractivity contribution is -0.118. The smallest absolute Gasteiger partial charge is 0.266 e. The highest BCUT2D eigenvalue weighted by atomic mass is 32.2. The summed E-state index contributed by atoms with van der Waals surface area (Å²) in [5.74, 6) is 0.990. The van der Waals surface area contributed by atoms with Crippen molar-refractivity contribution in [3.63, 3.8) is 0 Å². The molecule has 1 N–H and O–H groups in total. The summed E-state index contributed by atoms with van der Waals surface area (Å²) < 4.78 is 12.2. The number of fused-ring (bicyclic) bond motifs is 2. The van der Waals surface area contributed by atoms with Crippen molar-refractivity contribution in [2.75, 3.05) is 20.0 Å². The maximum Gasteiger partial charge on any atom is 0.266 e. The van der Waals surface area contributed by atoms with Gasteiger partial charge in [0.2, 0.25) is 0 Å². The Labute approximate surface area is 222 Å². The van der Waals surface area contributed by atoms with Crippen LogP contribution < -0.4 is 20.5 Å². The van der Waals surface area contributed by atoms with E-state index in [0.717, 1.165) is 28.1 Å². The third-order valence-corrected chi connectivity index (χ3v) is 6.88. The number of thioether (sulfide) groups is 1. The van der Waals surface area contributed by atoms with Gasteiger partial charge in [0.25, 0.3) is 11.5 Å². The topological polar surface area (TPSA) is 94.8 Å². The van der Waals surface area contributed by atoms with Crippen LogP contribution in [0.1, 0.15) is 5.56 Å². The molecular weight excluding hydrogens is 500 g/mol. The number of carbonyl (C=O) groups excluding carboxylic acids is 1. The zero-order valence-electron chi connectivity index (χ0n) is 20.8. The zero-order chi connectivity index (χ0) is 26.5. The summed E-state index contributed by atoms with van der Waals surface area (Å²) in [5.41, 5.74) is 4.30. The summed E-state index contributed by atoms with van der Waals surface area (Å²) in [6.07, 6.45) is 1.57. The van der Waals surface area contributed by atoms with Gasteiger partial charge in [0, 0.05) is 5.56 Å². The lowest BCUT2D eigenvalue weighted by Gasteiger charge is -2.13. The number of nitrogens with one attached hydrogen (secondary N) is 1. The van der Waals surface area contributed by atoms with E-state index in [0.29, 0.717) is 33.2 Å². The van der Waals surface area contributed by atoms with Crippen LogP contribution in [0.25, 0.3) is 27.4 Å². The lowest BCUT2D eigenvalue weighted by atomic mass is 10.0. The lowest BCUT2D eigenvalue weighted by Crippen LogP contribution is -2.24. The van der Waals surface area contributed by atoms with Crippen LogP contribution in [0.15, 0.2) is 100.0 Å². The largest absolute Gasteiger partial charge is 0.497 e. The van der Waals surface area contributed by atoms with Gasteiger partial charge in [0.05, 0.1) is 42.8 Å². The molecule has 1 heterocycles. The fourth-order valence-corrected chi connectivity index (χ4v) is 4.89. The van der Waals surface area contributed by atoms with E-state index in [1.165, 1.54) is 4.57 Å². The number of para-hydroxylation sites is 1. The van der Waals surface area contributed by atoms with Gasteiger partial charge in [0.15, 0.2) is 5.16 Å². The normalized spacial score (nSPS) is 11.2. The molecule has 0 aliphatic rings. The first kappa shape index (κ1) is 25.0. The van der Waals surface area contributed by atoms with E-state index >= 15 is 0 Å². The summed E-state index contributed by atoms with van der Waals surface area (Å²) in [7, 11) is 3.17. The van der Waals surface area contributed by atoms with Gasteiger partial charge >= 0.3 is 0 Å². The average Bonchev–Trinajstić information content (AvgIpc) is 2.96. The SMILES string of the molecule is COc1ccc(-n2c(SCC(=O)NN=Cc3c(OC)ccc4ccccc34)nc3ccccc3c2=O)cc1. The van der Waals surface area contributed by atoms with E-state index in [2.05, 4.69) is 15.5 Å². The van der Waals surface area contributed by atoms with Gasteiger partial charge in [-0.25, -0.2) is 10.4 Å². The summed E-state index contributed by atoms with van der Waals surface area (Å²) in [5, 5.41) is 7.05. The van der Waals surface area contributed by atoms with E-state index in [-0.39, 0.29) is 17.2 Å². The molecule has 0 aliphatic carbocycles. The van der Waals surface area contributed by atoms with Gasteiger partial charge in [-0.2, -0.15) is 5.10 Å². The highest BCUT2D eigenvalue weighted by Crippen LogP contribution is 2.26. The van der Waals surface area contributed by atoms with Gasteiger partial charge < -0.3 is 9.47 Å². The van der Waals surface area contributed by atoms with Crippen LogP contribution in [0.4, 0.5) is 0 Å². The zero-order valence-corrected chi connectivity index (χ0v) is 21.6. The predicted molar refractivity (Wildman–Crippen MR) is 151 cm³/mol. The number of carbonyl (C=O) groups is 1. The fourth-order valence-electron chi connectivity index (χ4n) is 4.09. The standard InChI is InChI=1S/C29H24N4O4S/c1-36-21-14-12-20(13-15-21)33-28(35)23-9-5-6-10-25(23)31-29(33)38-18-27(34)32-30-17-24-22-8-4-3-7-19(22)11-16-26(24)37-2/h3-17H,18H2,1-2H3,(H,32,34). The number of methoxy groups -OCH3 is 2. The van der Waals surface area contributed by atoms with Gasteiger partial charge in [-0.05, 0) is 53.2 Å². The third kappa shape index (κ3) is 5.09. The second kappa shape index (κ2) is 11.2. The fraction of sp³-hybridized carbons (Fsp3) is 0.103. The van der Waals surface area contributed by atoms with Gasteiger partial charge in [0.1, 0.15) is 11.5 Å². The van der Waals surface area contributed by atoms with Crippen LogP contribution in [0.5, 0.6) is 11.5 Å². The number of hydrogen-bond acceptors (Lipinski definition) is 7. The van der Waals surface area contributed by atoms with E-state index < -0.39 is 0 Å². The first-order chi connectivity index (χ1) is 18.6. The van der Waals surface area contributed by atoms with Crippen molar-refractivity contribution in [1.29, 1.82) is 0 Å². The quantitative estimate of drug-likeness (QED) is 0.136. The molecule has 9 heteroatoms. The van der Waals surface area contributed by atoms with Gasteiger partial charge in [-0.1, -0.05) is 54.2 Å². The van der Waals surface area contributed by atoms with Crippen LogP contribution in [0.2, 0.25) is 0 Å². The molecule has 0 fully saturated rings. The molecule has 1 amide bonds. The van der Waals surface area contributed by atoms with E-state index in [9.17, 15) is 9.59 Å². The van der Waals surface area contributed by atoms with E-state index in [4.69, 9.17) is 9.47 Å². The monoisotopic (exact) mass is 524 g/mol. The Hall–Kier alpha value is -4.63. The van der Waals surface area contributed by atoms with Crippen molar-refractivity contribution < 1.29 is 14.3 Å². The Bertz CT molecular complexity index is 1710. The molecule has 4 aromatic carbocycles. The van der Waals surface area contributed by atoms with Crippen molar-refractivity contribution in [2.45, 2.75) is 5.16 Å². The first-order valence-corrected chi connectivity index (χ1v) is 12.7. The predicted octanol–water partition coefficient (Wildman–Crippen LogP) is 4.80. The second-order valence-electron chi connectivity index (χ2n) is 8.23. The molecule has 5 rings (SSSR count). The number of benzene rings is 4. The number of amides is 1. The third-order valence-electron chi connectivity index (χ3n) is 5.94. The minimum Gasteiger partial charge on any atom is -0.497 e. The second-order valence-corrected chi connectivity index (χ2v) is 9.18. The molecule has 0 aliphatic heterocycles. The van der Waals surface area contributed by atoms with E-state index in [1.54, 1.807) is 62.9 Å². The van der Waals surface area contributed by atoms with Crippen LogP contribution in [-0.2, 0) is 4.79 Å². The van der Waals surface area contributed by atoms with Gasteiger partial charge in [-0.15, -0.1) is 0 Å². The molecule has 38 heavy (non-hydrogen) atoms. The summed E-state index contributed by atoms with van der Waals surface area (Å²) >= 11 is 1.16. The summed E-state index contributed by atoms with van der Waals surface area (Å²) in [6, 6.07) is 26.0. The Morgan fingerprint density at radius 3 is 2.45 bits per heavy atom. The molecule has 0 saturated carbocycles. The highest BCUT2D eigenvalue weighted by molar-refractivity contribution is 7.99. The van der Waals surface area contributed by atoms with Crippen molar-refractivity contribution in [3.05, 3.63) is 101 Å². The molecule has 0 unspecified atom stereocenters. The Morgan fingerprint density at radius 1 is 0.947 bits per heavy atom. The van der Waals surface area contributed by atoms with Crippen molar-refractivity contribution in [3.8, 4) is 17.2 Å². The molecular formula is C29H24N4O4S. The molecule has 0 saturated heterocycles. The Morgan fingerprint density at radius 2 is 1.68 bits per heavy atom. The molecule has 8 nitrogen and oxygen atoms in total. The van der Waals surface area contributed by atoms with Crippen LogP contribution in [-0.4, -0.2) is 41.6 Å². The first-order valence-electron chi connectivity index (χ1n) is 11.8. The van der Waals surface area contributed by atoms with Crippen molar-refractivity contribution in [1.82, 2.24) is 15.0 Å². The number of aromatic nitrogens is 2. The maximum absolute atomic E-state index is 13.4. The van der Waals surface area contributed by atoms with Crippen molar-refractivity contribution >= 4 is 45.6 Å². The van der Waals surface area contributed by atoms with Crippen molar-refractivity contribution in [2.24, 2.45) is 5.10 Å². The molecule has 190 valence electrons. The number of nitrogens with zero attached hydrogens (tertiary/aromatic N) is 3. The van der Waals surface area contributed by atoms with Crippen LogP contribution in [0.3, 0.4) is 0 Å². The van der Waals surface area contributed by atoms with E-state index in [1.807, 2.05) is 42.5 Å². The number of ether oxygens (including phenoxy) is 2. The van der Waals surface area contributed by atoms with Gasteiger partial charge in [-0.3, -0.25) is 14.2 Å². The number of hydrogen-bond donors (Lipinski definition) is 1. The molecule has 0 bridgehead atoms. The molecule has 1 aromatic heterocycles. The highest BCUT2D eigenvalue weighted by Gasteiger charge is 2.15. The van der Waals surface area contributed by atoms with Crippen LogP contribution >= 0.6 is 11.8 Å². The Balaban J connectivity index is 1.38. The molecule has 5 aromatic rings.